The lowest BCUT2D eigenvalue weighted by Gasteiger charge is -2.09. The van der Waals surface area contributed by atoms with Crippen molar-refractivity contribution in [2.24, 2.45) is 0 Å². The molecular weight excluding hydrogens is 214 g/mol. The number of nitro benzene ring substituents is 1. The number of carbonyl (C=O) groups excluding carboxylic acids is 1. The van der Waals surface area contributed by atoms with Gasteiger partial charge in [-0.1, -0.05) is 0 Å². The maximum Gasteiger partial charge on any atom is 0.283 e. The van der Waals surface area contributed by atoms with Gasteiger partial charge in [0.25, 0.3) is 5.69 Å². The van der Waals surface area contributed by atoms with Crippen molar-refractivity contribution in [3.05, 3.63) is 27.8 Å². The summed E-state index contributed by atoms with van der Waals surface area (Å²) in [5, 5.41) is 10.7. The fourth-order valence-corrected chi connectivity index (χ4v) is 1.25. The highest BCUT2D eigenvalue weighted by Crippen LogP contribution is 2.33. The van der Waals surface area contributed by atoms with E-state index in [0.29, 0.717) is 18.6 Å². The predicted molar refractivity (Wildman–Crippen MR) is 56.2 cm³/mol. The molecule has 1 aromatic carbocycles. The average Bonchev–Trinajstić information content (AvgIpc) is 2.28. The number of nitrogens with zero attached hydrogens (tertiary/aromatic N) is 1. The topological polar surface area (TPSA) is 78.7 Å². The molecule has 86 valence electrons. The first kappa shape index (κ1) is 12.0. The number of benzene rings is 1. The van der Waals surface area contributed by atoms with Crippen LogP contribution in [0.5, 0.6) is 11.5 Å². The number of methoxy groups -OCH3 is 1. The number of nitro groups is 1. The number of aldehydes is 1. The summed E-state index contributed by atoms with van der Waals surface area (Å²) in [6.45, 7) is 2.10. The van der Waals surface area contributed by atoms with Crippen LogP contribution in [0.1, 0.15) is 17.3 Å². The van der Waals surface area contributed by atoms with E-state index in [9.17, 15) is 14.9 Å². The summed E-state index contributed by atoms with van der Waals surface area (Å²) < 4.78 is 10.1. The van der Waals surface area contributed by atoms with E-state index in [0.717, 1.165) is 0 Å². The molecule has 0 aromatic heterocycles. The zero-order valence-corrected chi connectivity index (χ0v) is 8.93. The van der Waals surface area contributed by atoms with Gasteiger partial charge in [0, 0.05) is 6.07 Å². The second kappa shape index (κ2) is 5.11. The fourth-order valence-electron chi connectivity index (χ4n) is 1.25. The van der Waals surface area contributed by atoms with Gasteiger partial charge in [-0.3, -0.25) is 14.9 Å². The van der Waals surface area contributed by atoms with Crippen molar-refractivity contribution >= 4 is 12.0 Å². The van der Waals surface area contributed by atoms with E-state index in [4.69, 9.17) is 9.47 Å². The normalized spacial score (nSPS) is 9.62. The number of rotatable bonds is 5. The number of ether oxygens (including phenoxy) is 2. The van der Waals surface area contributed by atoms with Gasteiger partial charge >= 0.3 is 0 Å². The minimum Gasteiger partial charge on any atom is -0.493 e. The third kappa shape index (κ3) is 2.28. The van der Waals surface area contributed by atoms with Crippen LogP contribution in [0.15, 0.2) is 12.1 Å². The zero-order chi connectivity index (χ0) is 12.1. The quantitative estimate of drug-likeness (QED) is 0.433. The predicted octanol–water partition coefficient (Wildman–Crippen LogP) is 1.81. The molecule has 0 aliphatic heterocycles. The lowest BCUT2D eigenvalue weighted by molar-refractivity contribution is -0.385. The van der Waals surface area contributed by atoms with Crippen LogP contribution < -0.4 is 9.47 Å². The van der Waals surface area contributed by atoms with Crippen LogP contribution in [-0.2, 0) is 0 Å². The lowest BCUT2D eigenvalue weighted by Crippen LogP contribution is -2.00. The molecule has 0 atom stereocenters. The fraction of sp³-hybridized carbons (Fsp3) is 0.300. The molecule has 0 amide bonds. The molecule has 0 bridgehead atoms. The zero-order valence-electron chi connectivity index (χ0n) is 8.93. The Morgan fingerprint density at radius 1 is 1.44 bits per heavy atom. The van der Waals surface area contributed by atoms with E-state index >= 15 is 0 Å². The summed E-state index contributed by atoms with van der Waals surface area (Å²) in [6.07, 6.45) is 0.413. The average molecular weight is 225 g/mol. The molecule has 0 fully saturated rings. The van der Waals surface area contributed by atoms with Gasteiger partial charge in [-0.15, -0.1) is 0 Å². The Morgan fingerprint density at radius 3 is 2.56 bits per heavy atom. The Labute approximate surface area is 91.9 Å². The molecule has 16 heavy (non-hydrogen) atoms. The number of carbonyl (C=O) groups is 1. The van der Waals surface area contributed by atoms with Gasteiger partial charge in [-0.25, -0.2) is 0 Å². The molecule has 1 rings (SSSR count). The van der Waals surface area contributed by atoms with E-state index < -0.39 is 4.92 Å². The van der Waals surface area contributed by atoms with Crippen LogP contribution in [0, 0.1) is 10.1 Å². The highest BCUT2D eigenvalue weighted by molar-refractivity contribution is 5.83. The summed E-state index contributed by atoms with van der Waals surface area (Å²) in [5.41, 5.74) is -0.329. The molecule has 0 N–H and O–H groups in total. The second-order valence-electron chi connectivity index (χ2n) is 2.87. The van der Waals surface area contributed by atoms with Crippen molar-refractivity contribution in [1.82, 2.24) is 0 Å². The van der Waals surface area contributed by atoms with Crippen LogP contribution in [0.3, 0.4) is 0 Å². The Hall–Kier alpha value is -2.11. The van der Waals surface area contributed by atoms with Crippen LogP contribution in [0.2, 0.25) is 0 Å². The SMILES string of the molecule is CCOc1cc([N+](=O)[O-])c(C=O)cc1OC. The van der Waals surface area contributed by atoms with Crippen LogP contribution in [-0.4, -0.2) is 24.9 Å². The maximum absolute atomic E-state index is 10.7. The standard InChI is InChI=1S/C10H11NO5/c1-3-16-10-5-8(11(13)14)7(6-12)4-9(10)15-2/h4-6H,3H2,1-2H3. The van der Waals surface area contributed by atoms with Crippen molar-refractivity contribution in [2.45, 2.75) is 6.92 Å². The second-order valence-corrected chi connectivity index (χ2v) is 2.87. The van der Waals surface area contributed by atoms with Gasteiger partial charge in [0.2, 0.25) is 0 Å². The van der Waals surface area contributed by atoms with Crippen molar-refractivity contribution in [3.63, 3.8) is 0 Å². The molecule has 0 aliphatic rings. The molecule has 6 heteroatoms. The Kier molecular flexibility index (Phi) is 3.82. The first-order chi connectivity index (χ1) is 7.63. The van der Waals surface area contributed by atoms with E-state index in [1.165, 1.54) is 19.2 Å². The molecule has 0 heterocycles. The summed E-state index contributed by atoms with van der Waals surface area (Å²) in [4.78, 5) is 20.7. The monoisotopic (exact) mass is 225 g/mol. The van der Waals surface area contributed by atoms with Gasteiger partial charge in [0.1, 0.15) is 0 Å². The first-order valence-electron chi connectivity index (χ1n) is 4.58. The minimum absolute atomic E-state index is 0.0368. The van der Waals surface area contributed by atoms with Crippen molar-refractivity contribution in [2.75, 3.05) is 13.7 Å². The van der Waals surface area contributed by atoms with Gasteiger partial charge in [-0.2, -0.15) is 0 Å². The molecule has 0 saturated carbocycles. The van der Waals surface area contributed by atoms with E-state index in [1.807, 2.05) is 0 Å². The van der Waals surface area contributed by atoms with Crippen molar-refractivity contribution in [3.8, 4) is 11.5 Å². The van der Waals surface area contributed by atoms with Gasteiger partial charge in [0.15, 0.2) is 17.8 Å². The molecule has 6 nitrogen and oxygen atoms in total. The van der Waals surface area contributed by atoms with E-state index in [2.05, 4.69) is 0 Å². The molecule has 0 spiro atoms. The summed E-state index contributed by atoms with van der Waals surface area (Å²) in [5.74, 6) is 0.553. The van der Waals surface area contributed by atoms with Gasteiger partial charge in [-0.05, 0) is 6.92 Å². The van der Waals surface area contributed by atoms with E-state index in [-0.39, 0.29) is 17.0 Å². The van der Waals surface area contributed by atoms with E-state index in [1.54, 1.807) is 6.92 Å². The first-order valence-corrected chi connectivity index (χ1v) is 4.58. The number of hydrogen-bond donors (Lipinski definition) is 0. The van der Waals surface area contributed by atoms with Crippen LogP contribution in [0.4, 0.5) is 5.69 Å². The van der Waals surface area contributed by atoms with Gasteiger partial charge < -0.3 is 9.47 Å². The third-order valence-electron chi connectivity index (χ3n) is 1.94. The highest BCUT2D eigenvalue weighted by Gasteiger charge is 2.18. The van der Waals surface area contributed by atoms with Gasteiger partial charge in [0.05, 0.1) is 30.3 Å². The molecule has 0 saturated heterocycles. The largest absolute Gasteiger partial charge is 0.493 e. The summed E-state index contributed by atoms with van der Waals surface area (Å²) in [6, 6.07) is 2.47. The molecule has 0 radical (unpaired) electrons. The van der Waals surface area contributed by atoms with Crippen LogP contribution in [0.25, 0.3) is 0 Å². The molecule has 0 unspecified atom stereocenters. The maximum atomic E-state index is 10.7. The Bertz CT molecular complexity index is 416. The Morgan fingerprint density at radius 2 is 2.12 bits per heavy atom. The molecule has 0 aliphatic carbocycles. The highest BCUT2D eigenvalue weighted by atomic mass is 16.6. The molecule has 1 aromatic rings. The van der Waals surface area contributed by atoms with Crippen molar-refractivity contribution < 1.29 is 19.2 Å². The van der Waals surface area contributed by atoms with Crippen molar-refractivity contribution in [1.29, 1.82) is 0 Å². The summed E-state index contributed by atoms with van der Waals surface area (Å²) >= 11 is 0. The minimum atomic E-state index is -0.633. The molecular formula is C10H11NO5. The van der Waals surface area contributed by atoms with Crippen LogP contribution >= 0.6 is 0 Å². The third-order valence-corrected chi connectivity index (χ3v) is 1.94. The summed E-state index contributed by atoms with van der Waals surface area (Å²) in [7, 11) is 1.40. The smallest absolute Gasteiger partial charge is 0.283 e. The Balaban J connectivity index is 3.34. The lowest BCUT2D eigenvalue weighted by atomic mass is 10.1. The number of hydrogen-bond acceptors (Lipinski definition) is 5.